The molecule has 15 heteroatoms. The number of aromatic hydroxyl groups is 1. The molecule has 2 saturated heterocycles. The second kappa shape index (κ2) is 16.3. The van der Waals surface area contributed by atoms with Gasteiger partial charge in [0.1, 0.15) is 16.9 Å². The van der Waals surface area contributed by atoms with E-state index in [1.807, 2.05) is 68.3 Å². The first-order valence-electron chi connectivity index (χ1n) is 23.6. The molecule has 6 heterocycles. The third-order valence-corrected chi connectivity index (χ3v) is 17.8. The average Bonchev–Trinajstić information content (AvgIpc) is 3.98. The molecule has 3 aromatic carbocycles. The fourth-order valence-corrected chi connectivity index (χ4v) is 15.2. The number of carbonyl (C=O) groups excluding carboxylic acids is 3. The SMILES string of the molecule is CC[C@]1(O)C[C@H]2CN(CCc3c([nH]c4ccc(Sc5ccccc5O)cc34)[C@@](C(=O)OC)(c3cc4c(cc3OC)N(C)[C@H]3[C@@](O)(C(=O)OC)[C@H](OC(C)=O)[C@]5(CC)C=CCN6CC[C@]43[C@@H]65)C2)C1. The zero-order valence-electron chi connectivity index (χ0n) is 39.4. The minimum atomic E-state index is -2.34. The summed E-state index contributed by atoms with van der Waals surface area (Å²) in [4.78, 5) is 55.3. The summed E-state index contributed by atoms with van der Waals surface area (Å²) in [5, 5.41) is 37.3. The molecule has 1 unspecified atom stereocenters. The molecule has 1 saturated carbocycles. The molecule has 0 amide bonds. The van der Waals surface area contributed by atoms with Crippen LogP contribution in [-0.4, -0.2) is 139 Å². The molecule has 3 fully saturated rings. The highest BCUT2D eigenvalue weighted by atomic mass is 32.2. The number of fused-ring (bicyclic) bond motifs is 6. The minimum Gasteiger partial charge on any atom is -0.507 e. The van der Waals surface area contributed by atoms with Gasteiger partial charge < -0.3 is 44.2 Å². The van der Waals surface area contributed by atoms with Gasteiger partial charge in [0.25, 0.3) is 0 Å². The van der Waals surface area contributed by atoms with E-state index in [2.05, 4.69) is 26.9 Å². The molecule has 4 aromatic rings. The van der Waals surface area contributed by atoms with Gasteiger partial charge in [-0.2, -0.15) is 0 Å². The average molecular weight is 935 g/mol. The van der Waals surface area contributed by atoms with Crippen molar-refractivity contribution in [1.29, 1.82) is 0 Å². The van der Waals surface area contributed by atoms with Crippen LogP contribution in [0.1, 0.15) is 75.3 Å². The van der Waals surface area contributed by atoms with Crippen molar-refractivity contribution in [2.75, 3.05) is 66.0 Å². The number of aromatic nitrogens is 1. The van der Waals surface area contributed by atoms with Gasteiger partial charge in [-0.1, -0.05) is 49.9 Å². The molecule has 10 atom stereocenters. The first-order valence-corrected chi connectivity index (χ1v) is 24.4. The number of ether oxygens (including phenoxy) is 4. The maximum Gasteiger partial charge on any atom is 0.344 e. The molecule has 14 nitrogen and oxygen atoms in total. The number of hydrogen-bond donors (Lipinski definition) is 4. The second-order valence-electron chi connectivity index (χ2n) is 19.9. The van der Waals surface area contributed by atoms with E-state index in [0.29, 0.717) is 87.5 Å². The smallest absolute Gasteiger partial charge is 0.344 e. The van der Waals surface area contributed by atoms with E-state index in [-0.39, 0.29) is 24.1 Å². The van der Waals surface area contributed by atoms with Crippen molar-refractivity contribution in [1.82, 2.24) is 14.8 Å². The summed E-state index contributed by atoms with van der Waals surface area (Å²) in [5.41, 5.74) is -2.20. The summed E-state index contributed by atoms with van der Waals surface area (Å²) in [5.74, 6) is -1.55. The monoisotopic (exact) mass is 934 g/mol. The summed E-state index contributed by atoms with van der Waals surface area (Å²) in [6.07, 6.45) is 5.63. The maximum atomic E-state index is 15.6. The van der Waals surface area contributed by atoms with E-state index in [1.54, 1.807) is 19.2 Å². The number of H-pyrrole nitrogens is 1. The first-order chi connectivity index (χ1) is 32.1. The lowest BCUT2D eigenvalue weighted by molar-refractivity contribution is -0.228. The Hall–Kier alpha value is -5.06. The lowest BCUT2D eigenvalue weighted by Crippen LogP contribution is -2.81. The van der Waals surface area contributed by atoms with Crippen LogP contribution < -0.4 is 9.64 Å². The molecule has 2 bridgehead atoms. The fraction of sp³-hybridized carbons (Fsp3) is 0.519. The van der Waals surface area contributed by atoms with Crippen molar-refractivity contribution in [2.24, 2.45) is 11.3 Å². The van der Waals surface area contributed by atoms with Crippen molar-refractivity contribution in [2.45, 2.75) is 109 Å². The van der Waals surface area contributed by atoms with Crippen LogP contribution in [-0.2, 0) is 45.8 Å². The first kappa shape index (κ1) is 45.7. The van der Waals surface area contributed by atoms with Crippen molar-refractivity contribution in [3.63, 3.8) is 0 Å². The Morgan fingerprint density at radius 3 is 2.40 bits per heavy atom. The fourth-order valence-electron chi connectivity index (χ4n) is 14.3. The van der Waals surface area contributed by atoms with Gasteiger partial charge in [-0.05, 0) is 98.5 Å². The van der Waals surface area contributed by atoms with Crippen LogP contribution in [0.3, 0.4) is 0 Å². The van der Waals surface area contributed by atoms with Crippen LogP contribution in [0.2, 0.25) is 0 Å². The number of para-hydroxylation sites is 1. The van der Waals surface area contributed by atoms with Gasteiger partial charge in [0.15, 0.2) is 6.10 Å². The third kappa shape index (κ3) is 6.40. The van der Waals surface area contributed by atoms with Gasteiger partial charge in [-0.3, -0.25) is 19.4 Å². The molecule has 5 aliphatic heterocycles. The number of carbonyl (C=O) groups is 3. The van der Waals surface area contributed by atoms with E-state index >= 15 is 4.79 Å². The number of aromatic amines is 1. The zero-order valence-corrected chi connectivity index (χ0v) is 40.2. The number of methoxy groups -OCH3 is 3. The summed E-state index contributed by atoms with van der Waals surface area (Å²) in [6.45, 7) is 8.39. The van der Waals surface area contributed by atoms with Crippen molar-refractivity contribution in [3.8, 4) is 11.5 Å². The lowest BCUT2D eigenvalue weighted by Gasteiger charge is -2.63. The Balaban J connectivity index is 1.26. The number of phenols is 1. The van der Waals surface area contributed by atoms with Crippen LogP contribution in [0.4, 0.5) is 5.69 Å². The Morgan fingerprint density at radius 2 is 1.70 bits per heavy atom. The van der Waals surface area contributed by atoms with Gasteiger partial charge >= 0.3 is 17.9 Å². The predicted molar refractivity (Wildman–Crippen MR) is 253 cm³/mol. The Kier molecular flexibility index (Phi) is 11.1. The van der Waals surface area contributed by atoms with E-state index in [1.165, 1.54) is 32.9 Å². The van der Waals surface area contributed by atoms with Gasteiger partial charge in [0.2, 0.25) is 5.60 Å². The standard InChI is InChI=1S/C52H62N4O10S/c1-8-48(61)26-31-27-51(46(59)64-6,42-33(17-21-55(28-31)29-48)34-23-32(15-16-37(34)53-42)67-41-14-11-10-13-39(41)58)36-24-35-38(25-40(36)63-5)54(4)44-50(35)19-22-56-20-12-18-49(9-2,43(50)56)45(66-30(3)57)52(44,62)47(60)65-7/h10-16,18,23-25,31,43-45,53,58,61-62H,8-9,17,19-22,26-29H2,1-7H3/t31-,43+,44-,45-,48+,49-,50-,51+,52+/m1/s1. The maximum absolute atomic E-state index is 15.6. The van der Waals surface area contributed by atoms with E-state index in [4.69, 9.17) is 18.9 Å². The van der Waals surface area contributed by atoms with Crippen LogP contribution in [0, 0.1) is 11.3 Å². The Morgan fingerprint density at radius 1 is 0.925 bits per heavy atom. The molecular formula is C52H62N4O10S. The highest BCUT2D eigenvalue weighted by Crippen LogP contribution is 2.68. The number of piperidine rings is 1. The quantitative estimate of drug-likeness (QED) is 0.0895. The van der Waals surface area contributed by atoms with Crippen LogP contribution in [0.25, 0.3) is 10.9 Å². The molecular weight excluding hydrogens is 873 g/mol. The molecule has 1 aromatic heterocycles. The number of rotatable bonds is 9. The van der Waals surface area contributed by atoms with E-state index < -0.39 is 57.5 Å². The minimum absolute atomic E-state index is 0.157. The third-order valence-electron chi connectivity index (χ3n) is 16.8. The number of benzene rings is 3. The van der Waals surface area contributed by atoms with E-state index in [9.17, 15) is 24.9 Å². The van der Waals surface area contributed by atoms with Gasteiger partial charge in [0, 0.05) is 95.8 Å². The molecule has 6 aliphatic rings. The number of nitrogens with one attached hydrogen (secondary N) is 1. The molecule has 356 valence electrons. The van der Waals surface area contributed by atoms with Gasteiger partial charge in [0.05, 0.1) is 37.9 Å². The molecule has 0 radical (unpaired) electrons. The predicted octanol–water partition coefficient (Wildman–Crippen LogP) is 5.85. The molecule has 4 N–H and O–H groups in total. The van der Waals surface area contributed by atoms with Crippen LogP contribution in [0.5, 0.6) is 11.5 Å². The topological polar surface area (TPSA) is 174 Å². The molecule has 67 heavy (non-hydrogen) atoms. The highest BCUT2D eigenvalue weighted by molar-refractivity contribution is 7.99. The van der Waals surface area contributed by atoms with Crippen LogP contribution in [0.15, 0.2) is 76.5 Å². The largest absolute Gasteiger partial charge is 0.507 e. The van der Waals surface area contributed by atoms with E-state index in [0.717, 1.165) is 31.8 Å². The van der Waals surface area contributed by atoms with Crippen molar-refractivity contribution >= 4 is 46.3 Å². The van der Waals surface area contributed by atoms with Crippen molar-refractivity contribution in [3.05, 3.63) is 89.1 Å². The van der Waals surface area contributed by atoms with Gasteiger partial charge in [-0.15, -0.1) is 0 Å². The summed E-state index contributed by atoms with van der Waals surface area (Å²) in [6, 6.07) is 16.1. The zero-order chi connectivity index (χ0) is 47.4. The number of aliphatic hydroxyl groups is 2. The molecule has 10 rings (SSSR count). The Labute approximate surface area is 395 Å². The summed E-state index contributed by atoms with van der Waals surface area (Å²) in [7, 11) is 6.11. The van der Waals surface area contributed by atoms with Crippen molar-refractivity contribution < 1.29 is 48.7 Å². The number of phenolic OH excluding ortho intramolecular Hbond substituents is 1. The highest BCUT2D eigenvalue weighted by Gasteiger charge is 2.80. The second-order valence-corrected chi connectivity index (χ2v) is 21.1. The number of hydrogen-bond acceptors (Lipinski definition) is 14. The number of likely N-dealkylation sites (N-methyl/N-ethyl adjacent to an activating group) is 1. The molecule has 1 spiro atoms. The summed E-state index contributed by atoms with van der Waals surface area (Å²) < 4.78 is 24.2. The molecule has 1 aliphatic carbocycles. The number of esters is 3. The van der Waals surface area contributed by atoms with Gasteiger partial charge in [-0.25, -0.2) is 4.79 Å². The van der Waals surface area contributed by atoms with Crippen LogP contribution >= 0.6 is 11.8 Å². The lowest BCUT2D eigenvalue weighted by atomic mass is 9.47. The summed E-state index contributed by atoms with van der Waals surface area (Å²) >= 11 is 1.46. The normalized spacial score (nSPS) is 33.9. The number of nitrogens with zero attached hydrogens (tertiary/aromatic N) is 3. The Bertz CT molecular complexity index is 2710. The number of anilines is 1.